The third-order valence-electron chi connectivity index (χ3n) is 3.11. The largest absolute Gasteiger partial charge is 0.379 e. The van der Waals surface area contributed by atoms with Crippen molar-refractivity contribution in [2.45, 2.75) is 6.54 Å². The van der Waals surface area contributed by atoms with E-state index in [1.807, 2.05) is 36.4 Å². The van der Waals surface area contributed by atoms with Crippen LogP contribution in [0.25, 0.3) is 10.9 Å². The third kappa shape index (κ3) is 2.79. The van der Waals surface area contributed by atoms with Crippen molar-refractivity contribution < 1.29 is 0 Å². The van der Waals surface area contributed by atoms with Crippen LogP contribution >= 0.6 is 27.5 Å². The number of nitrogens with one attached hydrogen (secondary N) is 1. The highest BCUT2D eigenvalue weighted by Crippen LogP contribution is 2.28. The molecule has 1 N–H and O–H groups in total. The molecule has 1 heterocycles. The van der Waals surface area contributed by atoms with Crippen LogP contribution in [0.4, 0.5) is 5.69 Å². The van der Waals surface area contributed by atoms with Crippen LogP contribution in [0, 0.1) is 0 Å². The molecule has 0 radical (unpaired) electrons. The minimum absolute atomic E-state index is 0.724. The standard InChI is InChI=1S/C16H12BrClN2/c17-12-5-3-11(4-6-12)10-20-15-8-7-14(18)13-2-1-9-19-16(13)15/h1-9,20H,10H2. The minimum atomic E-state index is 0.724. The van der Waals surface area contributed by atoms with Crippen molar-refractivity contribution in [3.05, 3.63) is 69.8 Å². The lowest BCUT2D eigenvalue weighted by Crippen LogP contribution is -2.00. The van der Waals surface area contributed by atoms with Crippen LogP contribution in [-0.2, 0) is 6.54 Å². The maximum atomic E-state index is 6.19. The first kappa shape index (κ1) is 13.4. The van der Waals surface area contributed by atoms with Gasteiger partial charge >= 0.3 is 0 Å². The molecule has 0 aliphatic rings. The lowest BCUT2D eigenvalue weighted by atomic mass is 10.1. The van der Waals surface area contributed by atoms with Crippen LogP contribution in [0.5, 0.6) is 0 Å². The number of aromatic nitrogens is 1. The van der Waals surface area contributed by atoms with Gasteiger partial charge in [-0.3, -0.25) is 4.98 Å². The maximum Gasteiger partial charge on any atom is 0.0948 e. The van der Waals surface area contributed by atoms with E-state index in [-0.39, 0.29) is 0 Å². The summed E-state index contributed by atoms with van der Waals surface area (Å²) < 4.78 is 1.08. The number of hydrogen-bond acceptors (Lipinski definition) is 2. The Balaban J connectivity index is 1.88. The number of benzene rings is 2. The van der Waals surface area contributed by atoms with E-state index in [2.05, 4.69) is 38.4 Å². The van der Waals surface area contributed by atoms with Crippen molar-refractivity contribution in [2.75, 3.05) is 5.32 Å². The van der Waals surface area contributed by atoms with Gasteiger partial charge in [-0.15, -0.1) is 0 Å². The molecular formula is C16H12BrClN2. The van der Waals surface area contributed by atoms with E-state index in [0.717, 1.165) is 32.6 Å². The Morgan fingerprint density at radius 2 is 1.85 bits per heavy atom. The normalized spacial score (nSPS) is 10.7. The average molecular weight is 348 g/mol. The Kier molecular flexibility index (Phi) is 3.90. The monoisotopic (exact) mass is 346 g/mol. The lowest BCUT2D eigenvalue weighted by Gasteiger charge is -2.10. The molecule has 0 spiro atoms. The lowest BCUT2D eigenvalue weighted by molar-refractivity contribution is 1.15. The average Bonchev–Trinajstić information content (AvgIpc) is 2.49. The van der Waals surface area contributed by atoms with Crippen LogP contribution in [0.2, 0.25) is 5.02 Å². The van der Waals surface area contributed by atoms with Crippen molar-refractivity contribution in [3.63, 3.8) is 0 Å². The van der Waals surface area contributed by atoms with Crippen molar-refractivity contribution in [3.8, 4) is 0 Å². The van der Waals surface area contributed by atoms with Gasteiger partial charge < -0.3 is 5.32 Å². The summed E-state index contributed by atoms with van der Waals surface area (Å²) in [5, 5.41) is 5.11. The second-order valence-electron chi connectivity index (χ2n) is 4.47. The molecule has 0 saturated carbocycles. The maximum absolute atomic E-state index is 6.19. The van der Waals surface area contributed by atoms with Crippen molar-refractivity contribution >= 4 is 44.1 Å². The molecule has 0 atom stereocenters. The van der Waals surface area contributed by atoms with Gasteiger partial charge in [0.15, 0.2) is 0 Å². The number of halogens is 2. The fourth-order valence-electron chi connectivity index (χ4n) is 2.08. The van der Waals surface area contributed by atoms with E-state index < -0.39 is 0 Å². The summed E-state index contributed by atoms with van der Waals surface area (Å²) >= 11 is 9.63. The molecular weight excluding hydrogens is 336 g/mol. The van der Waals surface area contributed by atoms with E-state index >= 15 is 0 Å². The number of hydrogen-bond donors (Lipinski definition) is 1. The highest BCUT2D eigenvalue weighted by molar-refractivity contribution is 9.10. The molecule has 0 saturated heterocycles. The topological polar surface area (TPSA) is 24.9 Å². The zero-order chi connectivity index (χ0) is 13.9. The summed E-state index contributed by atoms with van der Waals surface area (Å²) in [5.74, 6) is 0. The first-order chi connectivity index (χ1) is 9.74. The number of anilines is 1. The molecule has 0 bridgehead atoms. The second kappa shape index (κ2) is 5.81. The fraction of sp³-hybridized carbons (Fsp3) is 0.0625. The van der Waals surface area contributed by atoms with Crippen LogP contribution in [0.1, 0.15) is 5.56 Å². The fourth-order valence-corrected chi connectivity index (χ4v) is 2.56. The summed E-state index contributed by atoms with van der Waals surface area (Å²) in [6.07, 6.45) is 1.78. The first-order valence-corrected chi connectivity index (χ1v) is 7.43. The van der Waals surface area contributed by atoms with Gasteiger partial charge in [-0.25, -0.2) is 0 Å². The molecule has 0 amide bonds. The van der Waals surface area contributed by atoms with E-state index in [1.165, 1.54) is 5.56 Å². The molecule has 4 heteroatoms. The van der Waals surface area contributed by atoms with Crippen molar-refractivity contribution in [2.24, 2.45) is 0 Å². The van der Waals surface area contributed by atoms with E-state index in [1.54, 1.807) is 6.20 Å². The molecule has 0 aliphatic heterocycles. The number of pyridine rings is 1. The van der Waals surface area contributed by atoms with E-state index in [4.69, 9.17) is 11.6 Å². The third-order valence-corrected chi connectivity index (χ3v) is 3.97. The van der Waals surface area contributed by atoms with Gasteiger partial charge in [-0.05, 0) is 42.0 Å². The summed E-state index contributed by atoms with van der Waals surface area (Å²) in [6.45, 7) is 0.751. The van der Waals surface area contributed by atoms with Gasteiger partial charge in [0, 0.05) is 22.6 Å². The predicted octanol–water partition coefficient (Wildman–Crippen LogP) is 5.26. The first-order valence-electron chi connectivity index (χ1n) is 6.25. The quantitative estimate of drug-likeness (QED) is 0.699. The van der Waals surface area contributed by atoms with Gasteiger partial charge in [-0.2, -0.15) is 0 Å². The Morgan fingerprint density at radius 1 is 1.05 bits per heavy atom. The van der Waals surface area contributed by atoms with E-state index in [0.29, 0.717) is 0 Å². The molecule has 100 valence electrons. The Morgan fingerprint density at radius 3 is 2.65 bits per heavy atom. The second-order valence-corrected chi connectivity index (χ2v) is 5.80. The zero-order valence-electron chi connectivity index (χ0n) is 10.6. The summed E-state index contributed by atoms with van der Waals surface area (Å²) in [4.78, 5) is 4.41. The number of rotatable bonds is 3. The highest BCUT2D eigenvalue weighted by atomic mass is 79.9. The highest BCUT2D eigenvalue weighted by Gasteiger charge is 2.05. The van der Waals surface area contributed by atoms with Gasteiger partial charge in [0.1, 0.15) is 0 Å². The molecule has 20 heavy (non-hydrogen) atoms. The van der Waals surface area contributed by atoms with E-state index in [9.17, 15) is 0 Å². The molecule has 3 aromatic rings. The Bertz CT molecular complexity index is 741. The molecule has 0 unspecified atom stereocenters. The van der Waals surface area contributed by atoms with Gasteiger partial charge in [0.2, 0.25) is 0 Å². The molecule has 0 fully saturated rings. The Labute approximate surface area is 130 Å². The zero-order valence-corrected chi connectivity index (χ0v) is 12.9. The summed E-state index contributed by atoms with van der Waals surface area (Å²) in [5.41, 5.74) is 3.11. The molecule has 2 nitrogen and oxygen atoms in total. The number of nitrogens with zero attached hydrogens (tertiary/aromatic N) is 1. The van der Waals surface area contributed by atoms with Crippen LogP contribution in [0.3, 0.4) is 0 Å². The predicted molar refractivity (Wildman–Crippen MR) is 88.2 cm³/mol. The minimum Gasteiger partial charge on any atom is -0.379 e. The Hall–Kier alpha value is -1.58. The van der Waals surface area contributed by atoms with Crippen molar-refractivity contribution in [1.29, 1.82) is 0 Å². The smallest absolute Gasteiger partial charge is 0.0948 e. The molecule has 3 rings (SSSR count). The van der Waals surface area contributed by atoms with Crippen LogP contribution in [-0.4, -0.2) is 4.98 Å². The van der Waals surface area contributed by atoms with Gasteiger partial charge in [0.05, 0.1) is 16.2 Å². The SMILES string of the molecule is Clc1ccc(NCc2ccc(Br)cc2)c2ncccc12. The molecule has 0 aliphatic carbocycles. The van der Waals surface area contributed by atoms with Gasteiger partial charge in [0.25, 0.3) is 0 Å². The summed E-state index contributed by atoms with van der Waals surface area (Å²) in [7, 11) is 0. The summed E-state index contributed by atoms with van der Waals surface area (Å²) in [6, 6.07) is 16.0. The van der Waals surface area contributed by atoms with Crippen LogP contribution in [0.15, 0.2) is 59.2 Å². The van der Waals surface area contributed by atoms with Crippen molar-refractivity contribution in [1.82, 2.24) is 4.98 Å². The van der Waals surface area contributed by atoms with Crippen LogP contribution < -0.4 is 5.32 Å². The molecule has 1 aromatic heterocycles. The van der Waals surface area contributed by atoms with Gasteiger partial charge in [-0.1, -0.05) is 39.7 Å². The molecule has 2 aromatic carbocycles. The number of fused-ring (bicyclic) bond motifs is 1.